The molecule has 3 aromatic rings. The SMILES string of the molecule is N#Cc1ccc(S(=O)(=O)NCc2cn(-c3ccncc3)nn2)cc1. The third-order valence-electron chi connectivity index (χ3n) is 3.21. The van der Waals surface area contributed by atoms with Gasteiger partial charge in [0.2, 0.25) is 10.0 Å². The molecule has 9 heteroatoms. The lowest BCUT2D eigenvalue weighted by Crippen LogP contribution is -2.23. The van der Waals surface area contributed by atoms with Crippen molar-refractivity contribution < 1.29 is 8.42 Å². The number of hydrogen-bond acceptors (Lipinski definition) is 6. The van der Waals surface area contributed by atoms with Gasteiger partial charge in [0.05, 0.1) is 40.7 Å². The number of nitriles is 1. The van der Waals surface area contributed by atoms with Gasteiger partial charge in [-0.05, 0) is 36.4 Å². The van der Waals surface area contributed by atoms with E-state index in [4.69, 9.17) is 5.26 Å². The molecule has 1 N–H and O–H groups in total. The second kappa shape index (κ2) is 6.57. The lowest BCUT2D eigenvalue weighted by Gasteiger charge is -2.04. The van der Waals surface area contributed by atoms with Crippen molar-refractivity contribution in [3.05, 3.63) is 66.2 Å². The molecule has 2 aromatic heterocycles. The van der Waals surface area contributed by atoms with Crippen molar-refractivity contribution in [2.75, 3.05) is 0 Å². The Morgan fingerprint density at radius 3 is 2.50 bits per heavy atom. The minimum atomic E-state index is -3.69. The number of rotatable bonds is 5. The van der Waals surface area contributed by atoms with Crippen LogP contribution in [0.25, 0.3) is 5.69 Å². The van der Waals surface area contributed by atoms with Crippen LogP contribution in [0.1, 0.15) is 11.3 Å². The Labute approximate surface area is 138 Å². The van der Waals surface area contributed by atoms with Gasteiger partial charge in [-0.25, -0.2) is 17.8 Å². The summed E-state index contributed by atoms with van der Waals surface area (Å²) in [4.78, 5) is 4.01. The van der Waals surface area contributed by atoms with Gasteiger partial charge in [-0.3, -0.25) is 4.98 Å². The van der Waals surface area contributed by atoms with E-state index in [-0.39, 0.29) is 11.4 Å². The predicted octanol–water partition coefficient (Wildman–Crippen LogP) is 1.01. The Balaban J connectivity index is 1.71. The molecule has 0 amide bonds. The van der Waals surface area contributed by atoms with Crippen molar-refractivity contribution in [2.45, 2.75) is 11.4 Å². The maximum atomic E-state index is 12.2. The highest BCUT2D eigenvalue weighted by Gasteiger charge is 2.14. The lowest BCUT2D eigenvalue weighted by atomic mass is 10.2. The topological polar surface area (TPSA) is 114 Å². The van der Waals surface area contributed by atoms with E-state index in [1.807, 2.05) is 6.07 Å². The molecule has 0 fully saturated rings. The molecule has 0 aliphatic heterocycles. The normalized spacial score (nSPS) is 11.1. The molecule has 0 unspecified atom stereocenters. The Bertz CT molecular complexity index is 975. The zero-order chi connectivity index (χ0) is 17.0. The largest absolute Gasteiger partial charge is 0.265 e. The summed E-state index contributed by atoms with van der Waals surface area (Å²) in [5.41, 5.74) is 1.65. The molecule has 120 valence electrons. The molecule has 24 heavy (non-hydrogen) atoms. The summed E-state index contributed by atoms with van der Waals surface area (Å²) < 4.78 is 28.4. The van der Waals surface area contributed by atoms with E-state index in [0.717, 1.165) is 5.69 Å². The second-order valence-corrected chi connectivity index (χ2v) is 6.59. The Morgan fingerprint density at radius 2 is 1.83 bits per heavy atom. The predicted molar refractivity (Wildman–Crippen MR) is 84.3 cm³/mol. The van der Waals surface area contributed by atoms with Crippen LogP contribution in [0, 0.1) is 11.3 Å². The van der Waals surface area contributed by atoms with E-state index in [1.54, 1.807) is 30.7 Å². The van der Waals surface area contributed by atoms with E-state index >= 15 is 0 Å². The smallest absolute Gasteiger partial charge is 0.240 e. The molecule has 0 saturated carbocycles. The number of nitrogens with one attached hydrogen (secondary N) is 1. The van der Waals surface area contributed by atoms with Crippen molar-refractivity contribution in [3.63, 3.8) is 0 Å². The molecule has 0 saturated heterocycles. The lowest BCUT2D eigenvalue weighted by molar-refractivity contribution is 0.580. The summed E-state index contributed by atoms with van der Waals surface area (Å²) in [5, 5.41) is 16.6. The summed E-state index contributed by atoms with van der Waals surface area (Å²) in [6.45, 7) is 0.00736. The van der Waals surface area contributed by atoms with E-state index < -0.39 is 10.0 Å². The van der Waals surface area contributed by atoms with Crippen molar-refractivity contribution in [1.82, 2.24) is 24.7 Å². The fourth-order valence-corrected chi connectivity index (χ4v) is 2.96. The molecular formula is C15H12N6O2S. The Kier molecular flexibility index (Phi) is 4.33. The van der Waals surface area contributed by atoms with Gasteiger partial charge in [0, 0.05) is 12.4 Å². The third-order valence-corrected chi connectivity index (χ3v) is 4.62. The standard InChI is InChI=1S/C15H12N6O2S/c16-9-12-1-3-15(4-2-12)24(22,23)18-10-13-11-21(20-19-13)14-5-7-17-8-6-14/h1-8,11,18H,10H2. The third kappa shape index (κ3) is 3.45. The van der Waals surface area contributed by atoms with Gasteiger partial charge >= 0.3 is 0 Å². The molecule has 0 spiro atoms. The van der Waals surface area contributed by atoms with E-state index in [1.165, 1.54) is 28.9 Å². The van der Waals surface area contributed by atoms with Gasteiger partial charge in [0.25, 0.3) is 0 Å². The monoisotopic (exact) mass is 340 g/mol. The van der Waals surface area contributed by atoms with Crippen LogP contribution in [-0.2, 0) is 16.6 Å². The zero-order valence-electron chi connectivity index (χ0n) is 12.4. The molecule has 0 bridgehead atoms. The van der Waals surface area contributed by atoms with Crippen LogP contribution in [0.2, 0.25) is 0 Å². The van der Waals surface area contributed by atoms with Crippen LogP contribution in [-0.4, -0.2) is 28.4 Å². The van der Waals surface area contributed by atoms with Gasteiger partial charge in [-0.15, -0.1) is 5.10 Å². The van der Waals surface area contributed by atoms with Crippen molar-refractivity contribution in [3.8, 4) is 11.8 Å². The first-order valence-electron chi connectivity index (χ1n) is 6.90. The summed E-state index contributed by atoms with van der Waals surface area (Å²) in [5.74, 6) is 0. The molecule has 0 aliphatic carbocycles. The first-order valence-corrected chi connectivity index (χ1v) is 8.38. The Hall–Kier alpha value is -3.09. The summed E-state index contributed by atoms with van der Waals surface area (Å²) >= 11 is 0. The van der Waals surface area contributed by atoms with Gasteiger partial charge in [-0.1, -0.05) is 5.21 Å². The van der Waals surface area contributed by atoms with E-state index in [2.05, 4.69) is 20.0 Å². The first kappa shape index (κ1) is 15.8. The first-order chi connectivity index (χ1) is 11.6. The number of sulfonamides is 1. The van der Waals surface area contributed by atoms with E-state index in [0.29, 0.717) is 11.3 Å². The molecule has 3 rings (SSSR count). The summed E-state index contributed by atoms with van der Waals surface area (Å²) in [6, 6.07) is 11.1. The van der Waals surface area contributed by atoms with Gasteiger partial charge in [0.15, 0.2) is 0 Å². The van der Waals surface area contributed by atoms with Crippen LogP contribution < -0.4 is 4.72 Å². The number of aromatic nitrogens is 4. The number of nitrogens with zero attached hydrogens (tertiary/aromatic N) is 5. The number of benzene rings is 1. The molecule has 2 heterocycles. The van der Waals surface area contributed by atoms with Crippen LogP contribution >= 0.6 is 0 Å². The molecule has 8 nitrogen and oxygen atoms in total. The van der Waals surface area contributed by atoms with Crippen molar-refractivity contribution >= 4 is 10.0 Å². The maximum Gasteiger partial charge on any atom is 0.240 e. The summed E-state index contributed by atoms with van der Waals surface area (Å²) in [7, 11) is -3.69. The number of hydrogen-bond donors (Lipinski definition) is 1. The fourth-order valence-electron chi connectivity index (χ4n) is 1.96. The average Bonchev–Trinajstić information content (AvgIpc) is 3.10. The molecule has 0 aliphatic rings. The minimum absolute atomic E-state index is 0.00736. The molecule has 0 atom stereocenters. The molecular weight excluding hydrogens is 328 g/mol. The summed E-state index contributed by atoms with van der Waals surface area (Å²) in [6.07, 6.45) is 4.89. The van der Waals surface area contributed by atoms with Crippen molar-refractivity contribution in [2.24, 2.45) is 0 Å². The fraction of sp³-hybridized carbons (Fsp3) is 0.0667. The van der Waals surface area contributed by atoms with Gasteiger partial charge in [0.1, 0.15) is 0 Å². The van der Waals surface area contributed by atoms with Crippen LogP contribution in [0.15, 0.2) is 59.9 Å². The number of pyridine rings is 1. The minimum Gasteiger partial charge on any atom is -0.265 e. The second-order valence-electron chi connectivity index (χ2n) is 4.82. The molecule has 1 aromatic carbocycles. The van der Waals surface area contributed by atoms with Gasteiger partial charge in [-0.2, -0.15) is 5.26 Å². The van der Waals surface area contributed by atoms with E-state index in [9.17, 15) is 8.42 Å². The highest BCUT2D eigenvalue weighted by molar-refractivity contribution is 7.89. The van der Waals surface area contributed by atoms with Crippen molar-refractivity contribution in [1.29, 1.82) is 5.26 Å². The zero-order valence-corrected chi connectivity index (χ0v) is 13.2. The van der Waals surface area contributed by atoms with Gasteiger partial charge < -0.3 is 0 Å². The maximum absolute atomic E-state index is 12.2. The van der Waals surface area contributed by atoms with Crippen LogP contribution in [0.5, 0.6) is 0 Å². The van der Waals surface area contributed by atoms with Crippen LogP contribution in [0.3, 0.4) is 0 Å². The highest BCUT2D eigenvalue weighted by atomic mass is 32.2. The Morgan fingerprint density at radius 1 is 1.12 bits per heavy atom. The quantitative estimate of drug-likeness (QED) is 0.741. The highest BCUT2D eigenvalue weighted by Crippen LogP contribution is 2.11. The average molecular weight is 340 g/mol. The molecule has 0 radical (unpaired) electrons. The van der Waals surface area contributed by atoms with Crippen LogP contribution in [0.4, 0.5) is 0 Å².